The number of nitrogens with two attached hydrogens (primary N) is 1. The average Bonchev–Trinajstić information content (AvgIpc) is 2.74. The minimum absolute atomic E-state index is 0.0347. The van der Waals surface area contributed by atoms with Gasteiger partial charge in [0.05, 0.1) is 12.3 Å². The van der Waals surface area contributed by atoms with Gasteiger partial charge in [-0.15, -0.1) is 0 Å². The van der Waals surface area contributed by atoms with Crippen LogP contribution in [0.15, 0.2) is 35.1 Å². The summed E-state index contributed by atoms with van der Waals surface area (Å²) < 4.78 is 5.35. The van der Waals surface area contributed by atoms with Gasteiger partial charge in [-0.25, -0.2) is 4.98 Å². The van der Waals surface area contributed by atoms with Gasteiger partial charge in [-0.05, 0) is 25.6 Å². The van der Waals surface area contributed by atoms with E-state index in [1.165, 1.54) is 0 Å². The molecule has 0 aromatic carbocycles. The molecule has 90 valence electrons. The molecule has 1 unspecified atom stereocenters. The number of pyridine rings is 1. The lowest BCUT2D eigenvalue weighted by Gasteiger charge is -2.18. The molecular weight excluding hydrogens is 214 g/mol. The quantitative estimate of drug-likeness (QED) is 0.847. The zero-order valence-corrected chi connectivity index (χ0v) is 10.1. The summed E-state index contributed by atoms with van der Waals surface area (Å²) in [4.78, 5) is 4.13. The van der Waals surface area contributed by atoms with E-state index in [9.17, 15) is 0 Å². The molecule has 4 nitrogen and oxygen atoms in total. The average molecular weight is 231 g/mol. The third-order valence-corrected chi connectivity index (χ3v) is 2.80. The predicted molar refractivity (Wildman–Crippen MR) is 67.6 cm³/mol. The van der Waals surface area contributed by atoms with Crippen molar-refractivity contribution in [3.05, 3.63) is 47.5 Å². The maximum atomic E-state index is 5.93. The molecule has 2 rings (SSSR count). The molecule has 0 aliphatic heterocycles. The van der Waals surface area contributed by atoms with Crippen molar-refractivity contribution >= 4 is 5.82 Å². The second-order valence-electron chi connectivity index (χ2n) is 3.90. The summed E-state index contributed by atoms with van der Waals surface area (Å²) >= 11 is 0. The number of aryl methyl sites for hydroxylation is 1. The Morgan fingerprint density at radius 1 is 1.41 bits per heavy atom. The number of rotatable bonds is 4. The van der Waals surface area contributed by atoms with E-state index in [1.54, 1.807) is 12.5 Å². The first kappa shape index (κ1) is 11.7. The molecule has 1 atom stereocenters. The van der Waals surface area contributed by atoms with Crippen molar-refractivity contribution in [2.75, 3.05) is 12.3 Å². The van der Waals surface area contributed by atoms with Gasteiger partial charge in [0.1, 0.15) is 11.6 Å². The monoisotopic (exact) mass is 231 g/mol. The molecular formula is C13H17N3O. The first-order chi connectivity index (χ1) is 8.24. The Hall–Kier alpha value is -1.81. The Bertz CT molecular complexity index is 493. The number of anilines is 1. The van der Waals surface area contributed by atoms with Crippen LogP contribution in [-0.4, -0.2) is 11.5 Å². The molecule has 0 saturated carbocycles. The Balaban J connectivity index is 2.43. The molecule has 0 bridgehead atoms. The molecule has 0 fully saturated rings. The molecule has 0 radical (unpaired) electrons. The molecule has 17 heavy (non-hydrogen) atoms. The fourth-order valence-corrected chi connectivity index (χ4v) is 1.96. The maximum absolute atomic E-state index is 5.93. The van der Waals surface area contributed by atoms with E-state index >= 15 is 0 Å². The van der Waals surface area contributed by atoms with Crippen LogP contribution in [0.5, 0.6) is 0 Å². The van der Waals surface area contributed by atoms with Gasteiger partial charge >= 0.3 is 0 Å². The van der Waals surface area contributed by atoms with E-state index in [1.807, 2.05) is 25.1 Å². The van der Waals surface area contributed by atoms with Gasteiger partial charge in [0.15, 0.2) is 0 Å². The summed E-state index contributed by atoms with van der Waals surface area (Å²) in [6.45, 7) is 4.87. The molecule has 0 aliphatic rings. The number of furan rings is 1. The van der Waals surface area contributed by atoms with Crippen LogP contribution in [0.4, 0.5) is 5.82 Å². The topological polar surface area (TPSA) is 64.1 Å². The van der Waals surface area contributed by atoms with Crippen molar-refractivity contribution in [1.29, 1.82) is 0 Å². The Kier molecular flexibility index (Phi) is 3.44. The molecule has 0 aliphatic carbocycles. The van der Waals surface area contributed by atoms with Crippen molar-refractivity contribution in [2.45, 2.75) is 19.9 Å². The van der Waals surface area contributed by atoms with Crippen LogP contribution in [0.3, 0.4) is 0 Å². The molecule has 2 aromatic rings. The van der Waals surface area contributed by atoms with E-state index < -0.39 is 0 Å². The van der Waals surface area contributed by atoms with Crippen molar-refractivity contribution in [1.82, 2.24) is 10.3 Å². The van der Waals surface area contributed by atoms with Gasteiger partial charge < -0.3 is 15.5 Å². The van der Waals surface area contributed by atoms with Crippen LogP contribution in [-0.2, 0) is 0 Å². The molecule has 4 heteroatoms. The van der Waals surface area contributed by atoms with E-state index in [0.29, 0.717) is 5.82 Å². The largest absolute Gasteiger partial charge is 0.469 e. The van der Waals surface area contributed by atoms with Gasteiger partial charge in [-0.3, -0.25) is 0 Å². The predicted octanol–water partition coefficient (Wildman–Crippen LogP) is 2.26. The zero-order valence-electron chi connectivity index (χ0n) is 10.1. The van der Waals surface area contributed by atoms with Crippen molar-refractivity contribution < 1.29 is 4.42 Å². The number of hydrogen-bond donors (Lipinski definition) is 2. The molecule has 0 amide bonds. The zero-order chi connectivity index (χ0) is 12.3. The number of nitrogens with zero attached hydrogens (tertiary/aromatic N) is 1. The summed E-state index contributed by atoms with van der Waals surface area (Å²) in [7, 11) is 0. The second kappa shape index (κ2) is 5.01. The molecule has 0 saturated heterocycles. The van der Waals surface area contributed by atoms with Gasteiger partial charge in [-0.1, -0.05) is 13.0 Å². The van der Waals surface area contributed by atoms with Crippen LogP contribution in [0.25, 0.3) is 0 Å². The highest BCUT2D eigenvalue weighted by molar-refractivity contribution is 5.45. The SMILES string of the molecule is CCNC(c1cccnc1N)c1ccoc1C. The fourth-order valence-electron chi connectivity index (χ4n) is 1.96. The van der Waals surface area contributed by atoms with E-state index in [-0.39, 0.29) is 6.04 Å². The van der Waals surface area contributed by atoms with Crippen molar-refractivity contribution in [3.8, 4) is 0 Å². The second-order valence-corrected chi connectivity index (χ2v) is 3.90. The van der Waals surface area contributed by atoms with Gasteiger partial charge in [0, 0.05) is 17.3 Å². The van der Waals surface area contributed by atoms with Gasteiger partial charge in [-0.2, -0.15) is 0 Å². The van der Waals surface area contributed by atoms with E-state index in [2.05, 4.69) is 17.2 Å². The van der Waals surface area contributed by atoms with E-state index in [4.69, 9.17) is 10.2 Å². The molecule has 2 heterocycles. The highest BCUT2D eigenvalue weighted by atomic mass is 16.3. The summed E-state index contributed by atoms with van der Waals surface area (Å²) in [5.41, 5.74) is 8.01. The van der Waals surface area contributed by atoms with Crippen LogP contribution in [0.2, 0.25) is 0 Å². The van der Waals surface area contributed by atoms with Crippen LogP contribution < -0.4 is 11.1 Å². The van der Waals surface area contributed by atoms with E-state index in [0.717, 1.165) is 23.4 Å². The highest BCUT2D eigenvalue weighted by Crippen LogP contribution is 2.28. The maximum Gasteiger partial charge on any atom is 0.128 e. The minimum atomic E-state index is 0.0347. The number of nitrogens with one attached hydrogen (secondary N) is 1. The van der Waals surface area contributed by atoms with Gasteiger partial charge in [0.2, 0.25) is 0 Å². The Morgan fingerprint density at radius 2 is 2.24 bits per heavy atom. The van der Waals surface area contributed by atoms with Crippen molar-refractivity contribution in [3.63, 3.8) is 0 Å². The third kappa shape index (κ3) is 2.31. The lowest BCUT2D eigenvalue weighted by molar-refractivity contribution is 0.520. The number of nitrogen functional groups attached to an aromatic ring is 1. The van der Waals surface area contributed by atoms with Crippen molar-refractivity contribution in [2.24, 2.45) is 0 Å². The summed E-state index contributed by atoms with van der Waals surface area (Å²) in [6, 6.07) is 5.88. The van der Waals surface area contributed by atoms with Gasteiger partial charge in [0.25, 0.3) is 0 Å². The standard InChI is InChI=1S/C13H17N3O/c1-3-15-12(10-6-8-17-9(10)2)11-5-4-7-16-13(11)14/h4-8,12,15H,3H2,1-2H3,(H2,14,16). The summed E-state index contributed by atoms with van der Waals surface area (Å²) in [6.07, 6.45) is 3.39. The van der Waals surface area contributed by atoms with Crippen LogP contribution >= 0.6 is 0 Å². The Morgan fingerprint density at radius 3 is 2.82 bits per heavy atom. The molecule has 3 N–H and O–H groups in total. The normalized spacial score (nSPS) is 12.6. The summed E-state index contributed by atoms with van der Waals surface area (Å²) in [5, 5.41) is 3.40. The fraction of sp³-hybridized carbons (Fsp3) is 0.308. The van der Waals surface area contributed by atoms with Crippen LogP contribution in [0.1, 0.15) is 29.9 Å². The molecule has 2 aromatic heterocycles. The lowest BCUT2D eigenvalue weighted by Crippen LogP contribution is -2.23. The number of hydrogen-bond acceptors (Lipinski definition) is 4. The van der Waals surface area contributed by atoms with Crippen LogP contribution in [0, 0.1) is 6.92 Å². The summed E-state index contributed by atoms with van der Waals surface area (Å²) in [5.74, 6) is 1.46. The first-order valence-electron chi connectivity index (χ1n) is 5.71. The molecule has 0 spiro atoms. The lowest BCUT2D eigenvalue weighted by atomic mass is 10.00. The first-order valence-corrected chi connectivity index (χ1v) is 5.71. The smallest absolute Gasteiger partial charge is 0.128 e. The third-order valence-electron chi connectivity index (χ3n) is 2.80. The highest BCUT2D eigenvalue weighted by Gasteiger charge is 2.19. The number of aromatic nitrogens is 1. The Labute approximate surface area is 101 Å². The minimum Gasteiger partial charge on any atom is -0.469 e.